The molecule has 0 unspecified atom stereocenters. The van der Waals surface area contributed by atoms with E-state index < -0.39 is 0 Å². The van der Waals surface area contributed by atoms with E-state index in [2.05, 4.69) is 105 Å². The molecule has 2 aromatic rings. The summed E-state index contributed by atoms with van der Waals surface area (Å²) in [5.41, 5.74) is 5.03. The molecule has 0 aliphatic rings. The van der Waals surface area contributed by atoms with E-state index in [0.717, 1.165) is 17.3 Å². The molecule has 1 N–H and O–H groups in total. The van der Waals surface area contributed by atoms with E-state index in [-0.39, 0.29) is 10.8 Å². The Labute approximate surface area is 159 Å². The topological polar surface area (TPSA) is 27.6 Å². The van der Waals surface area contributed by atoms with Gasteiger partial charge in [0.15, 0.2) is 0 Å². The molecule has 0 spiro atoms. The van der Waals surface area contributed by atoms with Gasteiger partial charge in [-0.25, -0.2) is 0 Å². The van der Waals surface area contributed by atoms with E-state index in [0.29, 0.717) is 0 Å². The highest BCUT2D eigenvalue weighted by atomic mass is 15.3. The zero-order valence-corrected chi connectivity index (χ0v) is 17.5. The van der Waals surface area contributed by atoms with E-state index in [9.17, 15) is 0 Å². The lowest BCUT2D eigenvalue weighted by Crippen LogP contribution is -2.33. The number of nitrogens with one attached hydrogen (secondary N) is 1. The normalized spacial score (nSPS) is 12.8. The Kier molecular flexibility index (Phi) is 5.80. The Morgan fingerprint density at radius 2 is 1.38 bits per heavy atom. The van der Waals surface area contributed by atoms with E-state index >= 15 is 0 Å². The lowest BCUT2D eigenvalue weighted by molar-refractivity contribution is 0.590. The highest BCUT2D eigenvalue weighted by molar-refractivity contribution is 6.05. The van der Waals surface area contributed by atoms with Gasteiger partial charge < -0.3 is 10.2 Å². The number of guanidine groups is 1. The van der Waals surface area contributed by atoms with Crippen LogP contribution >= 0.6 is 0 Å². The minimum Gasteiger partial charge on any atom is -0.326 e. The summed E-state index contributed by atoms with van der Waals surface area (Å²) in [6, 6.07) is 17.2. The number of aliphatic imine (C=N–C) groups is 1. The van der Waals surface area contributed by atoms with Crippen molar-refractivity contribution in [1.82, 2.24) is 0 Å². The summed E-state index contributed by atoms with van der Waals surface area (Å²) in [6.45, 7) is 13.4. The van der Waals surface area contributed by atoms with Crippen molar-refractivity contribution in [3.63, 3.8) is 0 Å². The lowest BCUT2D eigenvalue weighted by atomic mass is 9.87. The Balaban J connectivity index is 2.27. The molecule has 0 bridgehead atoms. The van der Waals surface area contributed by atoms with Crippen molar-refractivity contribution < 1.29 is 0 Å². The monoisotopic (exact) mass is 351 g/mol. The molecule has 0 aliphatic carbocycles. The minimum absolute atomic E-state index is 0.119. The second-order valence-corrected chi connectivity index (χ2v) is 8.86. The molecule has 0 heterocycles. The zero-order valence-electron chi connectivity index (χ0n) is 17.5. The largest absolute Gasteiger partial charge is 0.326 e. The summed E-state index contributed by atoms with van der Waals surface area (Å²) in [4.78, 5) is 6.57. The SMILES string of the molecule is CN=C(Nc1cccc(C(C)(C)C)c1)N(C)c1cccc(C(C)(C)C)c1. The second-order valence-electron chi connectivity index (χ2n) is 8.86. The van der Waals surface area contributed by atoms with Crippen molar-refractivity contribution in [2.45, 2.75) is 52.4 Å². The van der Waals surface area contributed by atoms with Crippen LogP contribution in [0.5, 0.6) is 0 Å². The third-order valence-electron chi connectivity index (χ3n) is 4.61. The van der Waals surface area contributed by atoms with Crippen LogP contribution in [0.25, 0.3) is 0 Å². The van der Waals surface area contributed by atoms with Crippen LogP contribution in [0.2, 0.25) is 0 Å². The maximum absolute atomic E-state index is 4.47. The number of hydrogen-bond donors (Lipinski definition) is 1. The molecule has 2 rings (SSSR count). The van der Waals surface area contributed by atoms with Gasteiger partial charge in [-0.05, 0) is 46.2 Å². The number of hydrogen-bond acceptors (Lipinski definition) is 1. The molecule has 3 nitrogen and oxygen atoms in total. The van der Waals surface area contributed by atoms with Crippen LogP contribution < -0.4 is 10.2 Å². The summed E-state index contributed by atoms with van der Waals surface area (Å²) in [7, 11) is 3.87. The van der Waals surface area contributed by atoms with Gasteiger partial charge in [-0.2, -0.15) is 0 Å². The Bertz CT molecular complexity index is 777. The van der Waals surface area contributed by atoms with Crippen LogP contribution in [0.3, 0.4) is 0 Å². The predicted molar refractivity (Wildman–Crippen MR) is 116 cm³/mol. The van der Waals surface area contributed by atoms with Crippen molar-refractivity contribution in [3.05, 3.63) is 59.7 Å². The fourth-order valence-corrected chi connectivity index (χ4v) is 2.79. The quantitative estimate of drug-likeness (QED) is 0.545. The Hall–Kier alpha value is -2.29. The molecule has 0 fully saturated rings. The smallest absolute Gasteiger partial charge is 0.202 e. The first-order chi connectivity index (χ1) is 12.0. The molecule has 0 saturated heterocycles. The molecular formula is C23H33N3. The van der Waals surface area contributed by atoms with Crippen LogP contribution in [-0.4, -0.2) is 20.1 Å². The Morgan fingerprint density at radius 3 is 1.92 bits per heavy atom. The molecule has 0 radical (unpaired) electrons. The average Bonchev–Trinajstić information content (AvgIpc) is 2.58. The van der Waals surface area contributed by atoms with Gasteiger partial charge in [-0.15, -0.1) is 0 Å². The first-order valence-corrected chi connectivity index (χ1v) is 9.21. The Morgan fingerprint density at radius 1 is 0.846 bits per heavy atom. The van der Waals surface area contributed by atoms with E-state index in [4.69, 9.17) is 0 Å². The van der Waals surface area contributed by atoms with Crippen molar-refractivity contribution in [1.29, 1.82) is 0 Å². The van der Waals surface area contributed by atoms with Crippen molar-refractivity contribution in [2.24, 2.45) is 4.99 Å². The summed E-state index contributed by atoms with van der Waals surface area (Å²) in [6.07, 6.45) is 0. The molecule has 0 aromatic heterocycles. The molecule has 0 saturated carbocycles. The van der Waals surface area contributed by atoms with Crippen molar-refractivity contribution >= 4 is 17.3 Å². The highest BCUT2D eigenvalue weighted by Crippen LogP contribution is 2.27. The second kappa shape index (κ2) is 7.53. The maximum Gasteiger partial charge on any atom is 0.202 e. The fourth-order valence-electron chi connectivity index (χ4n) is 2.79. The van der Waals surface area contributed by atoms with E-state index in [1.165, 1.54) is 11.1 Å². The minimum atomic E-state index is 0.119. The van der Waals surface area contributed by atoms with Gasteiger partial charge in [0.25, 0.3) is 0 Å². The van der Waals surface area contributed by atoms with Gasteiger partial charge in [0.2, 0.25) is 5.96 Å². The van der Waals surface area contributed by atoms with E-state index in [1.807, 2.05) is 14.1 Å². The number of benzene rings is 2. The molecule has 140 valence electrons. The van der Waals surface area contributed by atoms with Gasteiger partial charge in [-0.3, -0.25) is 4.99 Å². The summed E-state index contributed by atoms with van der Waals surface area (Å²) >= 11 is 0. The molecule has 0 atom stereocenters. The highest BCUT2D eigenvalue weighted by Gasteiger charge is 2.17. The van der Waals surface area contributed by atoms with Gasteiger partial charge in [0.05, 0.1) is 0 Å². The summed E-state index contributed by atoms with van der Waals surface area (Å²) in [5.74, 6) is 0.821. The molecule has 3 heteroatoms. The third kappa shape index (κ3) is 4.87. The van der Waals surface area contributed by atoms with Crippen LogP contribution in [0, 0.1) is 0 Å². The standard InChI is InChI=1S/C23H33N3/c1-22(2,3)17-11-9-13-19(15-17)25-21(24-7)26(8)20-14-10-12-18(16-20)23(4,5)6/h9-16H,1-8H3,(H,24,25). The predicted octanol–water partition coefficient (Wildman–Crippen LogP) is 5.82. The maximum atomic E-state index is 4.47. The zero-order chi connectivity index (χ0) is 19.5. The first-order valence-electron chi connectivity index (χ1n) is 9.21. The number of nitrogens with zero attached hydrogens (tertiary/aromatic N) is 2. The van der Waals surface area contributed by atoms with Crippen molar-refractivity contribution in [3.8, 4) is 0 Å². The van der Waals surface area contributed by atoms with Gasteiger partial charge in [-0.1, -0.05) is 65.8 Å². The summed E-state index contributed by atoms with van der Waals surface area (Å²) in [5, 5.41) is 3.47. The number of anilines is 2. The average molecular weight is 352 g/mol. The van der Waals surface area contributed by atoms with Crippen molar-refractivity contribution in [2.75, 3.05) is 24.3 Å². The third-order valence-corrected chi connectivity index (χ3v) is 4.61. The van der Waals surface area contributed by atoms with Crippen LogP contribution in [0.1, 0.15) is 52.7 Å². The molecule has 26 heavy (non-hydrogen) atoms. The van der Waals surface area contributed by atoms with Crippen LogP contribution in [-0.2, 0) is 10.8 Å². The molecular weight excluding hydrogens is 318 g/mol. The molecule has 0 aliphatic heterocycles. The number of rotatable bonds is 2. The fraction of sp³-hybridized carbons (Fsp3) is 0.435. The van der Waals surface area contributed by atoms with Gasteiger partial charge in [0.1, 0.15) is 0 Å². The molecule has 2 aromatic carbocycles. The summed E-state index contributed by atoms with van der Waals surface area (Å²) < 4.78 is 0. The van der Waals surface area contributed by atoms with Crippen LogP contribution in [0.4, 0.5) is 11.4 Å². The van der Waals surface area contributed by atoms with Gasteiger partial charge in [0, 0.05) is 25.5 Å². The lowest BCUT2D eigenvalue weighted by Gasteiger charge is -2.26. The van der Waals surface area contributed by atoms with E-state index in [1.54, 1.807) is 0 Å². The van der Waals surface area contributed by atoms with Crippen LogP contribution in [0.15, 0.2) is 53.5 Å². The first kappa shape index (κ1) is 20.0. The van der Waals surface area contributed by atoms with Gasteiger partial charge >= 0.3 is 0 Å². The molecule has 0 amide bonds.